The van der Waals surface area contributed by atoms with Crippen molar-refractivity contribution < 1.29 is 19.8 Å². The van der Waals surface area contributed by atoms with Crippen LogP contribution in [0.5, 0.6) is 0 Å². The molecule has 4 rings (SSSR count). The fourth-order valence-electron chi connectivity index (χ4n) is 4.75. The van der Waals surface area contributed by atoms with E-state index in [-0.39, 0.29) is 19.0 Å². The number of piperazine rings is 1. The number of aliphatic hydroxyl groups is 1. The number of aliphatic hydroxyl groups excluding tert-OH is 1. The summed E-state index contributed by atoms with van der Waals surface area (Å²) in [5.74, 6) is -0.977. The molecule has 1 fully saturated rings. The SMILES string of the molecule is O=C(O)CN1CCN(Cc2cccc(C(=O)NCC(O)CN3CCc4ccccc4C3)c2)CC1. The number of fused-ring (bicyclic) bond motifs is 1. The quantitative estimate of drug-likeness (QED) is 0.508. The number of rotatable bonds is 9. The van der Waals surface area contributed by atoms with Crippen molar-refractivity contribution in [2.24, 2.45) is 0 Å². The van der Waals surface area contributed by atoms with Crippen LogP contribution in [-0.2, 0) is 24.3 Å². The number of carbonyl (C=O) groups excluding carboxylic acids is 1. The highest BCUT2D eigenvalue weighted by Crippen LogP contribution is 2.18. The number of amides is 1. The van der Waals surface area contributed by atoms with Crippen LogP contribution in [-0.4, -0.2) is 95.3 Å². The average molecular weight is 467 g/mol. The number of carbonyl (C=O) groups is 2. The van der Waals surface area contributed by atoms with E-state index in [1.807, 2.05) is 29.2 Å². The lowest BCUT2D eigenvalue weighted by Crippen LogP contribution is -2.47. The van der Waals surface area contributed by atoms with Crippen molar-refractivity contribution in [3.05, 3.63) is 70.8 Å². The second kappa shape index (κ2) is 11.6. The Labute approximate surface area is 200 Å². The highest BCUT2D eigenvalue weighted by Gasteiger charge is 2.20. The largest absolute Gasteiger partial charge is 0.480 e. The summed E-state index contributed by atoms with van der Waals surface area (Å²) in [5.41, 5.74) is 4.32. The van der Waals surface area contributed by atoms with Crippen LogP contribution in [0.2, 0.25) is 0 Å². The van der Waals surface area contributed by atoms with Crippen molar-refractivity contribution in [1.82, 2.24) is 20.0 Å². The summed E-state index contributed by atoms with van der Waals surface area (Å²) in [4.78, 5) is 30.0. The fourth-order valence-corrected chi connectivity index (χ4v) is 4.75. The zero-order valence-electron chi connectivity index (χ0n) is 19.5. The van der Waals surface area contributed by atoms with Crippen molar-refractivity contribution >= 4 is 11.9 Å². The lowest BCUT2D eigenvalue weighted by molar-refractivity contribution is -0.138. The van der Waals surface area contributed by atoms with E-state index in [0.29, 0.717) is 12.1 Å². The molecule has 1 unspecified atom stereocenters. The number of aliphatic carboxylic acids is 1. The molecule has 0 radical (unpaired) electrons. The van der Waals surface area contributed by atoms with Gasteiger partial charge in [0, 0.05) is 64.5 Å². The lowest BCUT2D eigenvalue weighted by Gasteiger charge is -2.33. The molecule has 182 valence electrons. The molecule has 2 aliphatic heterocycles. The van der Waals surface area contributed by atoms with Gasteiger partial charge in [-0.25, -0.2) is 0 Å². The Bertz CT molecular complexity index is 990. The summed E-state index contributed by atoms with van der Waals surface area (Å²) in [6.07, 6.45) is 0.357. The molecule has 0 bridgehead atoms. The molecule has 34 heavy (non-hydrogen) atoms. The normalized spacial score (nSPS) is 18.3. The van der Waals surface area contributed by atoms with Gasteiger partial charge in [0.15, 0.2) is 0 Å². The fraction of sp³-hybridized carbons (Fsp3) is 0.462. The highest BCUT2D eigenvalue weighted by molar-refractivity contribution is 5.94. The van der Waals surface area contributed by atoms with E-state index in [9.17, 15) is 14.7 Å². The van der Waals surface area contributed by atoms with Gasteiger partial charge in [-0.1, -0.05) is 36.4 Å². The van der Waals surface area contributed by atoms with E-state index >= 15 is 0 Å². The molecule has 2 aromatic rings. The van der Waals surface area contributed by atoms with Crippen molar-refractivity contribution in [1.29, 1.82) is 0 Å². The first-order valence-corrected chi connectivity index (χ1v) is 12.0. The Balaban J connectivity index is 1.21. The van der Waals surface area contributed by atoms with Crippen molar-refractivity contribution in [3.63, 3.8) is 0 Å². The maximum absolute atomic E-state index is 12.7. The third kappa shape index (κ3) is 6.87. The monoisotopic (exact) mass is 466 g/mol. The number of nitrogens with zero attached hydrogens (tertiary/aromatic N) is 3. The second-order valence-corrected chi connectivity index (χ2v) is 9.26. The van der Waals surface area contributed by atoms with Gasteiger partial charge in [-0.2, -0.15) is 0 Å². The molecule has 1 amide bonds. The Morgan fingerprint density at radius 2 is 1.65 bits per heavy atom. The molecule has 2 heterocycles. The van der Waals surface area contributed by atoms with E-state index in [1.165, 1.54) is 11.1 Å². The number of hydrogen-bond acceptors (Lipinski definition) is 6. The number of β-amino-alcohol motifs (C(OH)–C–C–N with tert-alkyl or cyclic N) is 1. The van der Waals surface area contributed by atoms with Crippen molar-refractivity contribution in [2.75, 3.05) is 52.4 Å². The summed E-state index contributed by atoms with van der Waals surface area (Å²) in [5, 5.41) is 22.3. The summed E-state index contributed by atoms with van der Waals surface area (Å²) in [6, 6.07) is 16.0. The summed E-state index contributed by atoms with van der Waals surface area (Å²) >= 11 is 0. The molecule has 1 saturated heterocycles. The molecular weight excluding hydrogens is 432 g/mol. The van der Waals surface area contributed by atoms with Crippen LogP contribution in [0.4, 0.5) is 0 Å². The Kier molecular flexibility index (Phi) is 8.29. The van der Waals surface area contributed by atoms with Crippen LogP contribution in [0.25, 0.3) is 0 Å². The molecule has 0 aliphatic carbocycles. The van der Waals surface area contributed by atoms with E-state index in [2.05, 4.69) is 33.3 Å². The first-order valence-electron chi connectivity index (χ1n) is 12.0. The van der Waals surface area contributed by atoms with Crippen molar-refractivity contribution in [2.45, 2.75) is 25.6 Å². The molecular formula is C26H34N4O4. The van der Waals surface area contributed by atoms with Crippen LogP contribution in [0.1, 0.15) is 27.0 Å². The van der Waals surface area contributed by atoms with E-state index in [1.54, 1.807) is 6.07 Å². The summed E-state index contributed by atoms with van der Waals surface area (Å²) < 4.78 is 0. The number of nitrogens with one attached hydrogen (secondary N) is 1. The van der Waals surface area contributed by atoms with Gasteiger partial charge in [0.1, 0.15) is 0 Å². The molecule has 3 N–H and O–H groups in total. The standard InChI is InChI=1S/C26H34N4O4/c31-24(18-30-9-8-21-5-1-2-6-23(21)17-30)15-27-26(34)22-7-3-4-20(14-22)16-28-10-12-29(13-11-28)19-25(32)33/h1-7,14,24,31H,8-13,15-19H2,(H,27,34)(H,32,33). The van der Waals surface area contributed by atoms with Crippen LogP contribution in [0.3, 0.4) is 0 Å². The van der Waals surface area contributed by atoms with Crippen LogP contribution >= 0.6 is 0 Å². The Morgan fingerprint density at radius 3 is 2.41 bits per heavy atom. The minimum absolute atomic E-state index is 0.0837. The summed E-state index contributed by atoms with van der Waals surface area (Å²) in [7, 11) is 0. The van der Waals surface area contributed by atoms with E-state index in [0.717, 1.165) is 57.8 Å². The number of carboxylic acid groups (broad SMARTS) is 1. The highest BCUT2D eigenvalue weighted by atomic mass is 16.4. The van der Waals surface area contributed by atoms with E-state index < -0.39 is 12.1 Å². The zero-order valence-corrected chi connectivity index (χ0v) is 19.5. The second-order valence-electron chi connectivity index (χ2n) is 9.26. The molecule has 8 heteroatoms. The van der Waals surface area contributed by atoms with Gasteiger partial charge in [0.2, 0.25) is 0 Å². The maximum Gasteiger partial charge on any atom is 0.317 e. The van der Waals surface area contributed by atoms with Gasteiger partial charge < -0.3 is 15.5 Å². The van der Waals surface area contributed by atoms with Crippen LogP contribution in [0, 0.1) is 0 Å². The van der Waals surface area contributed by atoms with Gasteiger partial charge in [-0.3, -0.25) is 24.3 Å². The molecule has 8 nitrogen and oxygen atoms in total. The average Bonchev–Trinajstić information content (AvgIpc) is 2.83. The smallest absolute Gasteiger partial charge is 0.317 e. The zero-order chi connectivity index (χ0) is 23.9. The molecule has 0 aromatic heterocycles. The first-order chi connectivity index (χ1) is 16.5. The predicted octanol–water partition coefficient (Wildman–Crippen LogP) is 1.04. The number of carboxylic acids is 1. The van der Waals surface area contributed by atoms with Gasteiger partial charge in [0.05, 0.1) is 12.6 Å². The molecule has 2 aromatic carbocycles. The van der Waals surface area contributed by atoms with Crippen LogP contribution < -0.4 is 5.32 Å². The van der Waals surface area contributed by atoms with Gasteiger partial charge in [0.25, 0.3) is 5.91 Å². The summed E-state index contributed by atoms with van der Waals surface area (Å²) in [6.45, 7) is 6.35. The predicted molar refractivity (Wildman–Crippen MR) is 130 cm³/mol. The van der Waals surface area contributed by atoms with Gasteiger partial charge >= 0.3 is 5.97 Å². The number of benzene rings is 2. The molecule has 0 saturated carbocycles. The van der Waals surface area contributed by atoms with Crippen molar-refractivity contribution in [3.8, 4) is 0 Å². The Morgan fingerprint density at radius 1 is 0.912 bits per heavy atom. The number of hydrogen-bond donors (Lipinski definition) is 3. The third-order valence-electron chi connectivity index (χ3n) is 6.60. The minimum Gasteiger partial charge on any atom is -0.480 e. The first kappa shape index (κ1) is 24.3. The molecule has 2 aliphatic rings. The minimum atomic E-state index is -0.793. The molecule has 1 atom stereocenters. The topological polar surface area (TPSA) is 96.3 Å². The van der Waals surface area contributed by atoms with Gasteiger partial charge in [-0.05, 0) is 35.2 Å². The van der Waals surface area contributed by atoms with Gasteiger partial charge in [-0.15, -0.1) is 0 Å². The maximum atomic E-state index is 12.7. The van der Waals surface area contributed by atoms with Crippen LogP contribution in [0.15, 0.2) is 48.5 Å². The Hall–Kier alpha value is -2.78. The van der Waals surface area contributed by atoms with E-state index in [4.69, 9.17) is 5.11 Å². The molecule has 0 spiro atoms. The lowest BCUT2D eigenvalue weighted by atomic mass is 10.00. The third-order valence-corrected chi connectivity index (χ3v) is 6.60.